The zero-order valence-corrected chi connectivity index (χ0v) is 15.3. The summed E-state index contributed by atoms with van der Waals surface area (Å²) in [6, 6.07) is 25.1. The van der Waals surface area contributed by atoms with Crippen LogP contribution in [0.1, 0.15) is 22.6 Å². The van der Waals surface area contributed by atoms with Crippen molar-refractivity contribution < 1.29 is 14.0 Å². The Hall–Kier alpha value is -3.47. The van der Waals surface area contributed by atoms with Crippen LogP contribution >= 0.6 is 0 Å². The molecule has 0 saturated heterocycles. The molecule has 0 aliphatic heterocycles. The molecule has 0 heterocycles. The molecule has 2 amide bonds. The summed E-state index contributed by atoms with van der Waals surface area (Å²) in [6.45, 7) is -0.106. The number of amides is 2. The van der Waals surface area contributed by atoms with Crippen molar-refractivity contribution in [3.05, 3.63) is 107 Å². The van der Waals surface area contributed by atoms with E-state index in [1.54, 1.807) is 18.2 Å². The highest BCUT2D eigenvalue weighted by atomic mass is 19.1. The summed E-state index contributed by atoms with van der Waals surface area (Å²) in [6.07, 6.45) is 0. The number of halogens is 1. The molecule has 0 fully saturated rings. The van der Waals surface area contributed by atoms with Crippen molar-refractivity contribution in [3.8, 4) is 0 Å². The van der Waals surface area contributed by atoms with Crippen molar-refractivity contribution >= 4 is 11.8 Å². The highest BCUT2D eigenvalue weighted by Crippen LogP contribution is 2.24. The van der Waals surface area contributed by atoms with Gasteiger partial charge in [0.15, 0.2) is 0 Å². The summed E-state index contributed by atoms with van der Waals surface area (Å²) in [5.74, 6) is -1.53. The van der Waals surface area contributed by atoms with E-state index in [1.807, 2.05) is 60.7 Å². The van der Waals surface area contributed by atoms with Crippen LogP contribution in [0.15, 0.2) is 84.9 Å². The molecule has 0 atom stereocenters. The van der Waals surface area contributed by atoms with Gasteiger partial charge in [0.2, 0.25) is 11.8 Å². The highest BCUT2D eigenvalue weighted by molar-refractivity contribution is 5.90. The van der Waals surface area contributed by atoms with Crippen LogP contribution < -0.4 is 10.6 Å². The number of benzene rings is 3. The van der Waals surface area contributed by atoms with E-state index >= 15 is 0 Å². The molecule has 142 valence electrons. The van der Waals surface area contributed by atoms with E-state index in [0.29, 0.717) is 5.56 Å². The highest BCUT2D eigenvalue weighted by Gasteiger charge is 2.22. The second-order valence-electron chi connectivity index (χ2n) is 6.34. The van der Waals surface area contributed by atoms with Gasteiger partial charge in [-0.25, -0.2) is 4.39 Å². The molecular weight excluding hydrogens is 355 g/mol. The normalized spacial score (nSPS) is 10.5. The van der Waals surface area contributed by atoms with Gasteiger partial charge in [-0.15, -0.1) is 0 Å². The standard InChI is InChI=1S/C23H21FN2O2/c24-20-14-8-7-13-19(20)15-25-21(27)16-26-23(28)22(17-9-3-1-4-10-17)18-11-5-2-6-12-18/h1-14,22H,15-16H2,(H,25,27)(H,26,28). The van der Waals surface area contributed by atoms with E-state index in [4.69, 9.17) is 0 Å². The summed E-state index contributed by atoms with van der Waals surface area (Å²) in [4.78, 5) is 24.9. The molecule has 0 unspecified atom stereocenters. The lowest BCUT2D eigenvalue weighted by Gasteiger charge is -2.18. The van der Waals surface area contributed by atoms with Crippen LogP contribution in [0, 0.1) is 5.82 Å². The van der Waals surface area contributed by atoms with Crippen LogP contribution in [-0.4, -0.2) is 18.4 Å². The smallest absolute Gasteiger partial charge is 0.239 e. The molecule has 5 heteroatoms. The molecule has 0 aromatic heterocycles. The fraction of sp³-hybridized carbons (Fsp3) is 0.130. The number of nitrogens with one attached hydrogen (secondary N) is 2. The van der Waals surface area contributed by atoms with E-state index in [0.717, 1.165) is 11.1 Å². The lowest BCUT2D eigenvalue weighted by Crippen LogP contribution is -2.39. The Labute approximate surface area is 163 Å². The molecule has 2 N–H and O–H groups in total. The Morgan fingerprint density at radius 2 is 1.29 bits per heavy atom. The second kappa shape index (κ2) is 9.46. The van der Waals surface area contributed by atoms with Crippen molar-refractivity contribution in [3.63, 3.8) is 0 Å². The second-order valence-corrected chi connectivity index (χ2v) is 6.34. The molecule has 0 bridgehead atoms. The summed E-state index contributed by atoms with van der Waals surface area (Å²) in [5, 5.41) is 5.31. The first-order chi connectivity index (χ1) is 13.6. The molecule has 3 aromatic rings. The predicted octanol–water partition coefficient (Wildman–Crippen LogP) is 3.39. The van der Waals surface area contributed by atoms with Crippen LogP contribution in [0.5, 0.6) is 0 Å². The summed E-state index contributed by atoms with van der Waals surface area (Å²) >= 11 is 0. The number of rotatable bonds is 7. The Kier molecular flexibility index (Phi) is 6.52. The topological polar surface area (TPSA) is 58.2 Å². The number of hydrogen-bond acceptors (Lipinski definition) is 2. The quantitative estimate of drug-likeness (QED) is 0.664. The summed E-state index contributed by atoms with van der Waals surface area (Å²) in [5.41, 5.74) is 2.09. The molecule has 0 saturated carbocycles. The van der Waals surface area contributed by atoms with Crippen molar-refractivity contribution in [2.75, 3.05) is 6.54 Å². The van der Waals surface area contributed by atoms with E-state index < -0.39 is 5.92 Å². The third-order valence-corrected chi connectivity index (χ3v) is 4.39. The van der Waals surface area contributed by atoms with Gasteiger partial charge in [0.25, 0.3) is 0 Å². The first-order valence-corrected chi connectivity index (χ1v) is 9.03. The lowest BCUT2D eigenvalue weighted by molar-refractivity contribution is -0.126. The molecule has 0 spiro atoms. The average molecular weight is 376 g/mol. The summed E-state index contributed by atoms with van der Waals surface area (Å²) in [7, 11) is 0. The minimum Gasteiger partial charge on any atom is -0.350 e. The monoisotopic (exact) mass is 376 g/mol. The molecule has 4 nitrogen and oxygen atoms in total. The fourth-order valence-electron chi connectivity index (χ4n) is 2.95. The van der Waals surface area contributed by atoms with Crippen LogP contribution in [0.25, 0.3) is 0 Å². The van der Waals surface area contributed by atoms with Crippen LogP contribution in [-0.2, 0) is 16.1 Å². The van der Waals surface area contributed by atoms with Gasteiger partial charge >= 0.3 is 0 Å². The lowest BCUT2D eigenvalue weighted by atomic mass is 9.90. The maximum atomic E-state index is 13.6. The molecule has 3 aromatic carbocycles. The van der Waals surface area contributed by atoms with Crippen molar-refractivity contribution in [2.45, 2.75) is 12.5 Å². The van der Waals surface area contributed by atoms with Gasteiger partial charge < -0.3 is 10.6 Å². The van der Waals surface area contributed by atoms with Gasteiger partial charge in [-0.3, -0.25) is 9.59 Å². The molecule has 0 aliphatic carbocycles. The number of hydrogen-bond donors (Lipinski definition) is 2. The molecule has 0 radical (unpaired) electrons. The van der Waals surface area contributed by atoms with Gasteiger partial charge in [-0.2, -0.15) is 0 Å². The van der Waals surface area contributed by atoms with E-state index in [-0.39, 0.29) is 30.7 Å². The molecular formula is C23H21FN2O2. The minimum atomic E-state index is -0.512. The largest absolute Gasteiger partial charge is 0.350 e. The van der Waals surface area contributed by atoms with Crippen LogP contribution in [0.3, 0.4) is 0 Å². The van der Waals surface area contributed by atoms with Gasteiger partial charge in [0.1, 0.15) is 5.82 Å². The molecule has 28 heavy (non-hydrogen) atoms. The number of carbonyl (C=O) groups is 2. The van der Waals surface area contributed by atoms with E-state index in [1.165, 1.54) is 6.07 Å². The third kappa shape index (κ3) is 5.04. The first-order valence-electron chi connectivity index (χ1n) is 9.03. The SMILES string of the molecule is O=C(CNC(=O)C(c1ccccc1)c1ccccc1)NCc1ccccc1F. The first kappa shape index (κ1) is 19.3. The Morgan fingerprint density at radius 1 is 0.750 bits per heavy atom. The van der Waals surface area contributed by atoms with Crippen LogP contribution in [0.4, 0.5) is 4.39 Å². The van der Waals surface area contributed by atoms with Crippen molar-refractivity contribution in [2.24, 2.45) is 0 Å². The van der Waals surface area contributed by atoms with Gasteiger partial charge in [0, 0.05) is 12.1 Å². The summed E-state index contributed by atoms with van der Waals surface area (Å²) < 4.78 is 13.6. The van der Waals surface area contributed by atoms with Gasteiger partial charge in [-0.05, 0) is 17.2 Å². The zero-order chi connectivity index (χ0) is 19.8. The third-order valence-electron chi connectivity index (χ3n) is 4.39. The Balaban J connectivity index is 1.62. The maximum Gasteiger partial charge on any atom is 0.239 e. The minimum absolute atomic E-state index is 0.0716. The fourth-order valence-corrected chi connectivity index (χ4v) is 2.95. The maximum absolute atomic E-state index is 13.6. The van der Waals surface area contributed by atoms with Gasteiger partial charge in [0.05, 0.1) is 12.5 Å². The van der Waals surface area contributed by atoms with E-state index in [9.17, 15) is 14.0 Å². The van der Waals surface area contributed by atoms with Crippen molar-refractivity contribution in [1.29, 1.82) is 0 Å². The van der Waals surface area contributed by atoms with E-state index in [2.05, 4.69) is 10.6 Å². The predicted molar refractivity (Wildman–Crippen MR) is 106 cm³/mol. The Morgan fingerprint density at radius 3 is 1.86 bits per heavy atom. The molecule has 0 aliphatic rings. The van der Waals surface area contributed by atoms with Gasteiger partial charge in [-0.1, -0.05) is 78.9 Å². The zero-order valence-electron chi connectivity index (χ0n) is 15.3. The van der Waals surface area contributed by atoms with Crippen molar-refractivity contribution in [1.82, 2.24) is 10.6 Å². The Bertz CT molecular complexity index is 890. The molecule has 3 rings (SSSR count). The number of carbonyl (C=O) groups excluding carboxylic acids is 2. The average Bonchev–Trinajstić information content (AvgIpc) is 2.73. The van der Waals surface area contributed by atoms with Crippen LogP contribution in [0.2, 0.25) is 0 Å².